The molecule has 1 aromatic carbocycles. The third-order valence-corrected chi connectivity index (χ3v) is 9.57. The molecule has 0 aliphatic heterocycles. The molecule has 1 aromatic rings. The Labute approximate surface area is 253 Å². The highest BCUT2D eigenvalue weighted by Crippen LogP contribution is 2.37. The van der Waals surface area contributed by atoms with Crippen molar-refractivity contribution in [3.63, 3.8) is 0 Å². The molecule has 0 bridgehead atoms. The number of carbonyl (C=O) groups is 3. The third kappa shape index (κ3) is 13.8. The maximum atomic E-state index is 13.2. The summed E-state index contributed by atoms with van der Waals surface area (Å²) in [5.41, 5.74) is 2.07. The summed E-state index contributed by atoms with van der Waals surface area (Å²) >= 11 is 12.6. The summed E-state index contributed by atoms with van der Waals surface area (Å²) in [5, 5.41) is -0.522. The lowest BCUT2D eigenvalue weighted by molar-refractivity contribution is -0.151. The van der Waals surface area contributed by atoms with E-state index in [4.69, 9.17) is 26.4 Å². The van der Waals surface area contributed by atoms with Crippen molar-refractivity contribution < 1.29 is 28.6 Å². The fraction of sp³-hybridized carbons (Fsp3) is 0.655. The van der Waals surface area contributed by atoms with Crippen molar-refractivity contribution >= 4 is 69.8 Å². The van der Waals surface area contributed by atoms with Crippen molar-refractivity contribution in [2.24, 2.45) is 11.8 Å². The summed E-state index contributed by atoms with van der Waals surface area (Å²) in [6.07, 6.45) is 6.43. The summed E-state index contributed by atoms with van der Waals surface area (Å²) in [7, 11) is 1.35. The van der Waals surface area contributed by atoms with Crippen molar-refractivity contribution in [3.05, 3.63) is 35.4 Å². The van der Waals surface area contributed by atoms with Gasteiger partial charge in [0, 0.05) is 5.75 Å². The molecule has 0 N–H and O–H groups in total. The van der Waals surface area contributed by atoms with E-state index < -0.39 is 17.1 Å². The molecule has 0 aliphatic carbocycles. The summed E-state index contributed by atoms with van der Waals surface area (Å²) in [6.45, 7) is 6.54. The average molecular weight is 617 g/mol. The van der Waals surface area contributed by atoms with E-state index in [9.17, 15) is 14.4 Å². The van der Waals surface area contributed by atoms with Crippen LogP contribution in [0.1, 0.15) is 82.8 Å². The molecule has 0 aromatic heterocycles. The van der Waals surface area contributed by atoms with Gasteiger partial charge in [-0.15, -0.1) is 11.8 Å². The predicted octanol–water partition coefficient (Wildman–Crippen LogP) is 7.23. The van der Waals surface area contributed by atoms with Crippen LogP contribution in [0.5, 0.6) is 0 Å². The van der Waals surface area contributed by atoms with E-state index in [1.54, 1.807) is 6.92 Å². The van der Waals surface area contributed by atoms with Crippen LogP contribution in [-0.2, 0) is 34.3 Å². The van der Waals surface area contributed by atoms with Crippen molar-refractivity contribution in [1.29, 1.82) is 0 Å². The standard InChI is InChI=1S/C29H44O6S4/c1-6-8-14-34-27(31)24(16-20(3)26(30)33-4)17-23(22-12-10-21(19-36)11-13-22)18-25(39-29(37)38-5)28(32)35-15-9-7-2/h10-13,20,23-25,36H,6-9,14-19H2,1-5H3. The average Bonchev–Trinajstić information content (AvgIpc) is 2.95. The normalized spacial score (nSPS) is 14.1. The Morgan fingerprint density at radius 1 is 0.923 bits per heavy atom. The van der Waals surface area contributed by atoms with Crippen LogP contribution in [0, 0.1) is 11.8 Å². The Morgan fingerprint density at radius 3 is 2.03 bits per heavy atom. The largest absolute Gasteiger partial charge is 0.469 e. The van der Waals surface area contributed by atoms with Crippen LogP contribution in [0.2, 0.25) is 0 Å². The minimum Gasteiger partial charge on any atom is -0.469 e. The first kappa shape index (κ1) is 35.8. The number of esters is 3. The van der Waals surface area contributed by atoms with Crippen LogP contribution in [0.25, 0.3) is 0 Å². The summed E-state index contributed by atoms with van der Waals surface area (Å²) in [5.74, 6) is -1.57. The molecule has 0 aliphatic rings. The second-order valence-electron chi connectivity index (χ2n) is 9.53. The quantitative estimate of drug-likeness (QED) is 0.0604. The smallest absolute Gasteiger partial charge is 0.319 e. The zero-order valence-corrected chi connectivity index (χ0v) is 27.2. The highest BCUT2D eigenvalue weighted by atomic mass is 32.2. The molecule has 0 saturated heterocycles. The number of thioether (sulfide) groups is 2. The molecule has 220 valence electrons. The molecule has 0 amide bonds. The van der Waals surface area contributed by atoms with Gasteiger partial charge in [0.15, 0.2) is 0 Å². The maximum absolute atomic E-state index is 13.2. The first-order valence-electron chi connectivity index (χ1n) is 13.6. The number of methoxy groups -OCH3 is 1. The van der Waals surface area contributed by atoms with Crippen molar-refractivity contribution in [2.75, 3.05) is 26.6 Å². The lowest BCUT2D eigenvalue weighted by Gasteiger charge is -2.27. The Morgan fingerprint density at radius 2 is 1.51 bits per heavy atom. The van der Waals surface area contributed by atoms with E-state index in [1.165, 1.54) is 30.6 Å². The van der Waals surface area contributed by atoms with E-state index in [0.717, 1.165) is 36.8 Å². The molecule has 4 unspecified atom stereocenters. The topological polar surface area (TPSA) is 78.9 Å². The first-order valence-corrected chi connectivity index (χ1v) is 16.7. The van der Waals surface area contributed by atoms with Gasteiger partial charge in [0.1, 0.15) is 8.78 Å². The van der Waals surface area contributed by atoms with Crippen molar-refractivity contribution in [1.82, 2.24) is 0 Å². The van der Waals surface area contributed by atoms with Gasteiger partial charge in [0.05, 0.1) is 32.2 Å². The number of thiocarbonyl (C=S) groups is 1. The monoisotopic (exact) mass is 616 g/mol. The number of ether oxygens (including phenoxy) is 3. The molecule has 4 atom stereocenters. The van der Waals surface area contributed by atoms with Crippen molar-refractivity contribution in [3.8, 4) is 0 Å². The van der Waals surface area contributed by atoms with Gasteiger partial charge in [-0.25, -0.2) is 0 Å². The summed E-state index contributed by atoms with van der Waals surface area (Å²) in [6, 6.07) is 8.07. The Hall–Kier alpha value is -1.23. The van der Waals surface area contributed by atoms with Crippen LogP contribution in [0.3, 0.4) is 0 Å². The Kier molecular flexibility index (Phi) is 18.9. The zero-order valence-electron chi connectivity index (χ0n) is 23.8. The minimum atomic E-state index is -0.542. The zero-order chi connectivity index (χ0) is 29.2. The highest BCUT2D eigenvalue weighted by Gasteiger charge is 2.33. The molecule has 0 saturated carbocycles. The number of unbranched alkanes of at least 4 members (excludes halogenated alkanes) is 2. The molecule has 1 rings (SSSR count). The molecule has 0 spiro atoms. The number of benzene rings is 1. The predicted molar refractivity (Wildman–Crippen MR) is 170 cm³/mol. The number of hydrogen-bond acceptors (Lipinski definition) is 10. The van der Waals surface area contributed by atoms with E-state index >= 15 is 0 Å². The second-order valence-corrected chi connectivity index (χ2v) is 13.1. The van der Waals surface area contributed by atoms with Gasteiger partial charge < -0.3 is 14.2 Å². The van der Waals surface area contributed by atoms with E-state index in [0.29, 0.717) is 41.8 Å². The first-order chi connectivity index (χ1) is 18.7. The second kappa shape index (κ2) is 20.6. The lowest BCUT2D eigenvalue weighted by Crippen LogP contribution is -2.29. The van der Waals surface area contributed by atoms with Gasteiger partial charge in [-0.05, 0) is 55.4 Å². The molecule has 0 fully saturated rings. The minimum absolute atomic E-state index is 0.173. The van der Waals surface area contributed by atoms with Gasteiger partial charge in [0.2, 0.25) is 0 Å². The third-order valence-electron chi connectivity index (χ3n) is 6.43. The molecule has 39 heavy (non-hydrogen) atoms. The SMILES string of the molecule is CCCCOC(=O)C(CC(C)C(=O)OC)CC(CC(SC(=S)SC)C(=O)OCCCC)c1ccc(CS)cc1. The van der Waals surface area contributed by atoms with Gasteiger partial charge in [0.25, 0.3) is 0 Å². The number of rotatable bonds is 18. The number of carbonyl (C=O) groups excluding carboxylic acids is 3. The maximum Gasteiger partial charge on any atom is 0.319 e. The van der Waals surface area contributed by atoms with Crippen LogP contribution < -0.4 is 0 Å². The van der Waals surface area contributed by atoms with Gasteiger partial charge >= 0.3 is 17.9 Å². The molecule has 0 radical (unpaired) electrons. The fourth-order valence-corrected chi connectivity index (χ4v) is 6.10. The van der Waals surface area contributed by atoms with Crippen LogP contribution in [-0.4, -0.2) is 53.3 Å². The van der Waals surface area contributed by atoms with Gasteiger partial charge in [-0.3, -0.25) is 14.4 Å². The molecular formula is C29H44O6S4. The lowest BCUT2D eigenvalue weighted by atomic mass is 9.81. The highest BCUT2D eigenvalue weighted by molar-refractivity contribution is 8.47. The molecule has 6 nitrogen and oxygen atoms in total. The molecular weight excluding hydrogens is 573 g/mol. The number of hydrogen-bond donors (Lipinski definition) is 1. The van der Waals surface area contributed by atoms with Crippen LogP contribution in [0.4, 0.5) is 0 Å². The molecule has 0 heterocycles. The van der Waals surface area contributed by atoms with Crippen LogP contribution in [0.15, 0.2) is 24.3 Å². The van der Waals surface area contributed by atoms with Gasteiger partial charge in [-0.2, -0.15) is 12.6 Å². The fourth-order valence-electron chi connectivity index (χ4n) is 4.08. The van der Waals surface area contributed by atoms with E-state index in [-0.39, 0.29) is 23.8 Å². The summed E-state index contributed by atoms with van der Waals surface area (Å²) in [4.78, 5) is 38.6. The van der Waals surface area contributed by atoms with E-state index in [2.05, 4.69) is 12.6 Å². The van der Waals surface area contributed by atoms with E-state index in [1.807, 2.05) is 44.4 Å². The van der Waals surface area contributed by atoms with Gasteiger partial charge in [-0.1, -0.05) is 81.9 Å². The van der Waals surface area contributed by atoms with Crippen molar-refractivity contribution in [2.45, 2.75) is 82.6 Å². The Balaban J connectivity index is 3.36. The molecule has 10 heteroatoms. The van der Waals surface area contributed by atoms with Crippen LogP contribution >= 0.6 is 48.4 Å². The Bertz CT molecular complexity index is 892. The summed E-state index contributed by atoms with van der Waals surface area (Å²) < 4.78 is 16.8. The number of thiol groups is 1.